The Balaban J connectivity index is 0.000000141. The molecule has 0 radical (unpaired) electrons. The first-order valence-electron chi connectivity index (χ1n) is 18.9. The van der Waals surface area contributed by atoms with Gasteiger partial charge in [-0.25, -0.2) is 0 Å². The third-order valence-electron chi connectivity index (χ3n) is 11.7. The van der Waals surface area contributed by atoms with Crippen molar-refractivity contribution < 1.29 is 0 Å². The van der Waals surface area contributed by atoms with Crippen LogP contribution in [-0.4, -0.2) is 15.7 Å². The van der Waals surface area contributed by atoms with Gasteiger partial charge in [0.05, 0.1) is 22.1 Å². The minimum Gasteiger partial charge on any atom is -0.343 e. The lowest BCUT2D eigenvalue weighted by molar-refractivity contribution is 0.660. The number of fused-ring (bicyclic) bond motifs is 15. The van der Waals surface area contributed by atoms with E-state index in [1.54, 1.807) is 0 Å². The largest absolute Gasteiger partial charge is 0.343 e. The van der Waals surface area contributed by atoms with Crippen LogP contribution in [0.25, 0.3) is 82.2 Å². The molecule has 1 aliphatic rings. The molecule has 55 heavy (non-hydrogen) atoms. The topological polar surface area (TPSA) is 33.2 Å². The van der Waals surface area contributed by atoms with E-state index in [9.17, 15) is 0 Å². The van der Waals surface area contributed by atoms with Gasteiger partial charge in [-0.15, -0.1) is 6.58 Å². The van der Waals surface area contributed by atoms with Gasteiger partial charge < -0.3 is 14.4 Å². The van der Waals surface area contributed by atoms with Gasteiger partial charge in [-0.1, -0.05) is 147 Å². The summed E-state index contributed by atoms with van der Waals surface area (Å²) in [6, 6.07) is 57.6. The zero-order valence-corrected chi connectivity index (χ0v) is 31.6. The van der Waals surface area contributed by atoms with Crippen LogP contribution in [0.1, 0.15) is 30.5 Å². The monoisotopic (exact) mass is 709 g/mol. The van der Waals surface area contributed by atoms with Gasteiger partial charge in [0.15, 0.2) is 0 Å². The maximum Gasteiger partial charge on any atom is 0.0584 e. The molecule has 0 saturated heterocycles. The minimum absolute atomic E-state index is 0.0562. The van der Waals surface area contributed by atoms with Gasteiger partial charge in [-0.2, -0.15) is 0 Å². The maximum absolute atomic E-state index is 5.50. The first kappa shape index (κ1) is 34.1. The van der Waals surface area contributed by atoms with Crippen LogP contribution in [0.5, 0.6) is 0 Å². The van der Waals surface area contributed by atoms with Crippen LogP contribution >= 0.6 is 0 Å². The van der Waals surface area contributed by atoms with E-state index in [-0.39, 0.29) is 5.41 Å². The number of aromatic nitrogens is 2. The predicted molar refractivity (Wildman–Crippen MR) is 237 cm³/mol. The van der Waals surface area contributed by atoms with Gasteiger partial charge >= 0.3 is 0 Å². The number of hydrogen-bond donors (Lipinski definition) is 1. The van der Waals surface area contributed by atoms with Crippen molar-refractivity contribution >= 4 is 66.6 Å². The average Bonchev–Trinajstić information content (AvgIpc) is 3.85. The Hall–Kier alpha value is -6.71. The molecule has 0 amide bonds. The number of benzene rings is 7. The van der Waals surface area contributed by atoms with E-state index in [4.69, 9.17) is 5.41 Å². The van der Waals surface area contributed by atoms with E-state index in [1.807, 2.05) is 6.08 Å². The zero-order valence-electron chi connectivity index (χ0n) is 31.6. The van der Waals surface area contributed by atoms with Crippen molar-refractivity contribution in [2.45, 2.75) is 25.7 Å². The normalized spacial score (nSPS) is 12.7. The molecule has 0 atom stereocenters. The summed E-state index contributed by atoms with van der Waals surface area (Å²) < 4.78 is 4.78. The number of hydrogen-bond acceptors (Lipinski definition) is 1. The third-order valence-corrected chi connectivity index (χ3v) is 11.7. The molecule has 0 saturated carbocycles. The second kappa shape index (κ2) is 13.3. The van der Waals surface area contributed by atoms with Crippen LogP contribution < -0.4 is 0 Å². The Morgan fingerprint density at radius 1 is 0.509 bits per heavy atom. The van der Waals surface area contributed by atoms with Crippen LogP contribution in [0.2, 0.25) is 0 Å². The van der Waals surface area contributed by atoms with E-state index >= 15 is 0 Å². The second-order valence-corrected chi connectivity index (χ2v) is 15.0. The van der Waals surface area contributed by atoms with E-state index in [2.05, 4.69) is 201 Å². The Kier molecular flexibility index (Phi) is 8.24. The summed E-state index contributed by atoms with van der Waals surface area (Å²) in [6.45, 7) is 11.0. The summed E-state index contributed by atoms with van der Waals surface area (Å²) in [5.74, 6) is 0. The quantitative estimate of drug-likeness (QED) is 0.108. The van der Waals surface area contributed by atoms with E-state index in [1.165, 1.54) is 98.8 Å². The molecule has 7 aromatic carbocycles. The molecular formula is C52H43N3. The van der Waals surface area contributed by atoms with Crippen molar-refractivity contribution in [3.05, 3.63) is 187 Å². The fourth-order valence-electron chi connectivity index (χ4n) is 9.18. The molecule has 0 aliphatic heterocycles. The Bertz CT molecular complexity index is 3120. The predicted octanol–water partition coefficient (Wildman–Crippen LogP) is 13.7. The number of nitrogens with one attached hydrogen (secondary N) is 1. The van der Waals surface area contributed by atoms with E-state index in [0.29, 0.717) is 0 Å². The lowest BCUT2D eigenvalue weighted by atomic mass is 9.81. The Morgan fingerprint density at radius 3 is 1.87 bits per heavy atom. The number of pyridine rings is 1. The molecule has 3 heteroatoms. The van der Waals surface area contributed by atoms with Crippen LogP contribution in [0.15, 0.2) is 170 Å². The van der Waals surface area contributed by atoms with E-state index < -0.39 is 0 Å². The summed E-state index contributed by atoms with van der Waals surface area (Å²) in [4.78, 5) is 0. The highest BCUT2D eigenvalue weighted by Gasteiger charge is 2.35. The van der Waals surface area contributed by atoms with Crippen molar-refractivity contribution in [2.75, 3.05) is 0 Å². The number of allylic oxidation sites excluding steroid dienone is 1. The van der Waals surface area contributed by atoms with Gasteiger partial charge in [0.1, 0.15) is 0 Å². The first-order valence-corrected chi connectivity index (χ1v) is 18.9. The highest BCUT2D eigenvalue weighted by molar-refractivity contribution is 6.22. The van der Waals surface area contributed by atoms with Crippen LogP contribution in [0, 0.1) is 5.41 Å². The molecule has 10 aromatic rings. The summed E-state index contributed by atoms with van der Waals surface area (Å²) in [7, 11) is 2.18. The summed E-state index contributed by atoms with van der Waals surface area (Å²) in [5.41, 5.74) is 15.9. The van der Waals surface area contributed by atoms with Crippen molar-refractivity contribution in [1.29, 1.82) is 5.41 Å². The molecule has 0 unspecified atom stereocenters. The van der Waals surface area contributed by atoms with Crippen molar-refractivity contribution in [3.63, 3.8) is 0 Å². The van der Waals surface area contributed by atoms with Gasteiger partial charge in [0.2, 0.25) is 0 Å². The lowest BCUT2D eigenvalue weighted by Crippen LogP contribution is -2.14. The molecule has 3 nitrogen and oxygen atoms in total. The van der Waals surface area contributed by atoms with Crippen LogP contribution in [0.4, 0.5) is 0 Å². The second-order valence-electron chi connectivity index (χ2n) is 15.0. The van der Waals surface area contributed by atoms with Crippen molar-refractivity contribution in [3.8, 4) is 22.3 Å². The molecule has 0 spiro atoms. The smallest absolute Gasteiger partial charge is 0.0584 e. The van der Waals surface area contributed by atoms with Gasteiger partial charge in [0.25, 0.3) is 0 Å². The highest BCUT2D eigenvalue weighted by Crippen LogP contribution is 2.49. The lowest BCUT2D eigenvalue weighted by Gasteiger charge is -2.22. The number of para-hydroxylation sites is 2. The van der Waals surface area contributed by atoms with Gasteiger partial charge in [-0.05, 0) is 87.8 Å². The average molecular weight is 710 g/mol. The van der Waals surface area contributed by atoms with Crippen LogP contribution in [0.3, 0.4) is 0 Å². The molecule has 266 valence electrons. The molecule has 11 rings (SSSR count). The summed E-state index contributed by atoms with van der Waals surface area (Å²) in [6.07, 6.45) is 2.87. The fourth-order valence-corrected chi connectivity index (χ4v) is 9.18. The number of aryl methyl sites for hydroxylation is 1. The van der Waals surface area contributed by atoms with Crippen molar-refractivity contribution in [1.82, 2.24) is 8.97 Å². The number of rotatable bonds is 3. The zero-order chi connectivity index (χ0) is 37.8. The Labute approximate surface area is 321 Å². The Morgan fingerprint density at radius 2 is 1.11 bits per heavy atom. The first-order chi connectivity index (χ1) is 26.9. The molecule has 3 heterocycles. The molecule has 0 fully saturated rings. The molecular weight excluding hydrogens is 667 g/mol. The van der Waals surface area contributed by atoms with E-state index in [0.717, 1.165) is 6.42 Å². The summed E-state index contributed by atoms with van der Waals surface area (Å²) >= 11 is 0. The maximum atomic E-state index is 5.50. The van der Waals surface area contributed by atoms with Gasteiger partial charge in [-0.3, -0.25) is 0 Å². The van der Waals surface area contributed by atoms with Crippen molar-refractivity contribution in [2.24, 2.45) is 7.05 Å². The fraction of sp³-hybridized carbons (Fsp3) is 0.0962. The molecule has 1 N–H and O–H groups in total. The molecule has 3 aromatic heterocycles. The third kappa shape index (κ3) is 5.22. The van der Waals surface area contributed by atoms with Gasteiger partial charge in [0, 0.05) is 44.9 Å². The summed E-state index contributed by atoms with van der Waals surface area (Å²) in [5, 5.41) is 13.4. The standard InChI is InChI=1S/C27H18N2.C24H22.CH3N/c1-28-23-12-6-4-11-20(23)21-14-15-25-22(27(21)28)16-26-19-10-3-2-8-17(19)18-9-5-7-13-24(18)29(25)26;1-4-8-17-9-7-10-18(15-17)19-13-14-21-20-11-5-6-12-22(20)24(2,3)23(21)16-19;1-2/h2-16H,1H3;4-7,9-16H,1,8H2,2-3H3;2H,1H2. The van der Waals surface area contributed by atoms with Crippen LogP contribution in [-0.2, 0) is 18.9 Å². The molecule has 1 aliphatic carbocycles. The SMILES string of the molecule is C=CCc1cccc(-c2ccc3c(c2)C(C)(C)c2ccccc2-3)c1.C=N.Cn1c2ccccc2c2ccc3c(cc4c5ccccc5c5ccccc5n43)c21. The highest BCUT2D eigenvalue weighted by atomic mass is 15.0. The number of nitrogens with zero attached hydrogens (tertiary/aromatic N) is 2. The minimum atomic E-state index is 0.0562. The molecule has 0 bridgehead atoms.